The van der Waals surface area contributed by atoms with Crippen molar-refractivity contribution in [2.24, 2.45) is 5.73 Å². The Balaban J connectivity index is 2.58. The van der Waals surface area contributed by atoms with Crippen LogP contribution in [0.5, 0.6) is 0 Å². The molecule has 0 atom stereocenters. The molecule has 0 bridgehead atoms. The number of hydrogen-bond acceptors (Lipinski definition) is 4. The van der Waals surface area contributed by atoms with E-state index in [1.165, 1.54) is 0 Å². The van der Waals surface area contributed by atoms with Gasteiger partial charge in [0.25, 0.3) is 0 Å². The lowest BCUT2D eigenvalue weighted by atomic mass is 10.0. The lowest BCUT2D eigenvalue weighted by Gasteiger charge is -2.03. The zero-order valence-electron chi connectivity index (χ0n) is 10.5. The number of halogens is 1. The number of nitrogens with two attached hydrogens (primary N) is 1. The third kappa shape index (κ3) is 1.73. The van der Waals surface area contributed by atoms with Gasteiger partial charge in [0, 0.05) is 10.8 Å². The van der Waals surface area contributed by atoms with Crippen LogP contribution in [0.3, 0.4) is 0 Å². The molecule has 0 aliphatic heterocycles. The maximum absolute atomic E-state index is 12.1. The van der Waals surface area contributed by atoms with Gasteiger partial charge in [-0.1, -0.05) is 0 Å². The van der Waals surface area contributed by atoms with Gasteiger partial charge in [0.2, 0.25) is 0 Å². The lowest BCUT2D eigenvalue weighted by molar-refractivity contribution is 0.100. The van der Waals surface area contributed by atoms with Crippen molar-refractivity contribution < 1.29 is 13.6 Å². The molecule has 2 aromatic heterocycles. The predicted molar refractivity (Wildman–Crippen MR) is 76.5 cm³/mol. The van der Waals surface area contributed by atoms with E-state index in [1.54, 1.807) is 0 Å². The van der Waals surface area contributed by atoms with Crippen molar-refractivity contribution in [1.82, 2.24) is 0 Å². The minimum Gasteiger partial charge on any atom is -0.461 e. The molecule has 2 heterocycles. The maximum atomic E-state index is 12.1. The molecular weight excluding hydrogens is 310 g/mol. The summed E-state index contributed by atoms with van der Waals surface area (Å²) in [6.07, 6.45) is 0. The monoisotopic (exact) mass is 321 g/mol. The molecule has 98 valence electrons. The Morgan fingerprint density at radius 1 is 1.16 bits per heavy atom. The molecule has 0 aliphatic carbocycles. The van der Waals surface area contributed by atoms with E-state index in [-0.39, 0.29) is 12.3 Å². The van der Waals surface area contributed by atoms with E-state index in [1.807, 2.05) is 26.0 Å². The highest BCUT2D eigenvalue weighted by Gasteiger charge is 2.22. The molecule has 0 amide bonds. The molecule has 3 aromatic rings. The highest BCUT2D eigenvalue weighted by atomic mass is 79.9. The van der Waals surface area contributed by atoms with Crippen molar-refractivity contribution in [2.45, 2.75) is 13.8 Å². The summed E-state index contributed by atoms with van der Waals surface area (Å²) in [7, 11) is 0. The van der Waals surface area contributed by atoms with Crippen LogP contribution in [0, 0.1) is 13.8 Å². The minimum absolute atomic E-state index is 0.0597. The molecular formula is C14H12BrNO3. The predicted octanol–water partition coefficient (Wildman–Crippen LogP) is 3.70. The molecule has 0 saturated carbocycles. The number of carbonyl (C=O) groups excluding carboxylic acids is 1. The summed E-state index contributed by atoms with van der Waals surface area (Å²) < 4.78 is 12.1. The summed E-state index contributed by atoms with van der Waals surface area (Å²) in [5.74, 6) is 1.33. The number of carbonyl (C=O) groups is 1. The van der Waals surface area contributed by atoms with Crippen LogP contribution in [-0.2, 0) is 0 Å². The van der Waals surface area contributed by atoms with Gasteiger partial charge in [0.05, 0.1) is 16.6 Å². The molecule has 0 aliphatic rings. The van der Waals surface area contributed by atoms with E-state index in [2.05, 4.69) is 15.9 Å². The fourth-order valence-corrected chi connectivity index (χ4v) is 2.94. The molecule has 5 heteroatoms. The number of fused-ring (bicyclic) bond motifs is 2. The molecule has 0 fully saturated rings. The van der Waals surface area contributed by atoms with Gasteiger partial charge in [0.15, 0.2) is 5.78 Å². The van der Waals surface area contributed by atoms with Gasteiger partial charge in [-0.05, 0) is 41.9 Å². The molecule has 0 unspecified atom stereocenters. The van der Waals surface area contributed by atoms with Crippen LogP contribution in [0.15, 0.2) is 25.4 Å². The van der Waals surface area contributed by atoms with Gasteiger partial charge in [-0.15, -0.1) is 0 Å². The van der Waals surface area contributed by atoms with Crippen LogP contribution >= 0.6 is 15.9 Å². The number of hydrogen-bond donors (Lipinski definition) is 1. The second kappa shape index (κ2) is 4.21. The van der Waals surface area contributed by atoms with Crippen LogP contribution in [0.4, 0.5) is 0 Å². The quantitative estimate of drug-likeness (QED) is 0.730. The van der Waals surface area contributed by atoms with E-state index in [0.717, 1.165) is 26.8 Å². The Hall–Kier alpha value is -1.59. The highest BCUT2D eigenvalue weighted by molar-refractivity contribution is 9.10. The van der Waals surface area contributed by atoms with Crippen LogP contribution in [0.25, 0.3) is 21.9 Å². The van der Waals surface area contributed by atoms with Crippen LogP contribution in [-0.4, -0.2) is 12.3 Å². The van der Waals surface area contributed by atoms with E-state index in [4.69, 9.17) is 14.6 Å². The van der Waals surface area contributed by atoms with Crippen LogP contribution in [0.1, 0.15) is 21.9 Å². The van der Waals surface area contributed by atoms with E-state index in [9.17, 15) is 4.79 Å². The largest absolute Gasteiger partial charge is 0.461 e. The second-order valence-electron chi connectivity index (χ2n) is 4.52. The summed E-state index contributed by atoms with van der Waals surface area (Å²) in [5.41, 5.74) is 7.22. The smallest absolute Gasteiger partial charge is 0.180 e. The van der Waals surface area contributed by atoms with Crippen molar-refractivity contribution >= 4 is 43.7 Å². The Kier molecular flexibility index (Phi) is 2.76. The second-order valence-corrected chi connectivity index (χ2v) is 5.31. The summed E-state index contributed by atoms with van der Waals surface area (Å²) >= 11 is 3.52. The normalized spacial score (nSPS) is 11.6. The third-order valence-corrected chi connectivity index (χ3v) is 3.89. The van der Waals surface area contributed by atoms with Gasteiger partial charge in [-0.2, -0.15) is 0 Å². The van der Waals surface area contributed by atoms with Crippen molar-refractivity contribution in [3.05, 3.63) is 33.7 Å². The Labute approximate surface area is 117 Å². The van der Waals surface area contributed by atoms with Crippen molar-refractivity contribution in [3.8, 4) is 0 Å². The molecule has 1 aromatic carbocycles. The molecule has 19 heavy (non-hydrogen) atoms. The average Bonchev–Trinajstić information content (AvgIpc) is 2.92. The first-order valence-corrected chi connectivity index (χ1v) is 6.67. The SMILES string of the molecule is Cc1cc2c(C(=O)CN)c3oc(C)cc3c(Br)c2o1. The molecule has 0 saturated heterocycles. The third-order valence-electron chi connectivity index (χ3n) is 3.11. The lowest BCUT2D eigenvalue weighted by Crippen LogP contribution is -2.14. The van der Waals surface area contributed by atoms with E-state index in [0.29, 0.717) is 16.7 Å². The number of Topliss-reactive ketones (excluding diaryl/α,β-unsaturated/α-hetero) is 1. The number of benzene rings is 1. The minimum atomic E-state index is -0.155. The zero-order valence-corrected chi connectivity index (χ0v) is 12.1. The van der Waals surface area contributed by atoms with Gasteiger partial charge in [-0.3, -0.25) is 4.79 Å². The van der Waals surface area contributed by atoms with Gasteiger partial charge in [0.1, 0.15) is 22.7 Å². The standard InChI is InChI=1S/C14H12BrNO3/c1-6-3-8-11(10(17)5-16)13-9(4-7(2)18-13)12(15)14(8)19-6/h3-4H,5,16H2,1-2H3. The molecule has 4 nitrogen and oxygen atoms in total. The topological polar surface area (TPSA) is 69.4 Å². The molecule has 3 rings (SSSR count). The first kappa shape index (κ1) is 12.4. The van der Waals surface area contributed by atoms with Gasteiger partial charge < -0.3 is 14.6 Å². The van der Waals surface area contributed by atoms with Crippen LogP contribution < -0.4 is 5.73 Å². The van der Waals surface area contributed by atoms with Crippen molar-refractivity contribution in [1.29, 1.82) is 0 Å². The van der Waals surface area contributed by atoms with Crippen LogP contribution in [0.2, 0.25) is 0 Å². The van der Waals surface area contributed by atoms with Gasteiger partial charge >= 0.3 is 0 Å². The van der Waals surface area contributed by atoms with Crippen molar-refractivity contribution in [2.75, 3.05) is 6.54 Å². The summed E-state index contributed by atoms with van der Waals surface area (Å²) in [6.45, 7) is 3.63. The van der Waals surface area contributed by atoms with Gasteiger partial charge in [-0.25, -0.2) is 0 Å². The Morgan fingerprint density at radius 3 is 2.37 bits per heavy atom. The first-order valence-electron chi connectivity index (χ1n) is 5.88. The summed E-state index contributed by atoms with van der Waals surface area (Å²) in [4.78, 5) is 12.1. The summed E-state index contributed by atoms with van der Waals surface area (Å²) in [5, 5.41) is 1.57. The molecule has 0 radical (unpaired) electrons. The number of ketones is 1. The Bertz CT molecular complexity index is 755. The molecule has 0 spiro atoms. The van der Waals surface area contributed by atoms with E-state index >= 15 is 0 Å². The number of aryl methyl sites for hydroxylation is 2. The number of furan rings is 2. The zero-order chi connectivity index (χ0) is 13.7. The van der Waals surface area contributed by atoms with E-state index < -0.39 is 0 Å². The fourth-order valence-electron chi connectivity index (χ4n) is 2.35. The summed E-state index contributed by atoms with van der Waals surface area (Å²) in [6, 6.07) is 3.71. The number of rotatable bonds is 2. The first-order chi connectivity index (χ1) is 9.02. The molecule has 2 N–H and O–H groups in total. The fraction of sp³-hybridized carbons (Fsp3) is 0.214. The maximum Gasteiger partial charge on any atom is 0.180 e. The van der Waals surface area contributed by atoms with Crippen molar-refractivity contribution in [3.63, 3.8) is 0 Å². The highest BCUT2D eigenvalue weighted by Crippen LogP contribution is 2.39. The Morgan fingerprint density at radius 2 is 1.74 bits per heavy atom. The average molecular weight is 322 g/mol.